The van der Waals surface area contributed by atoms with Crippen LogP contribution in [0, 0.1) is 0 Å². The molecule has 1 amide bonds. The van der Waals surface area contributed by atoms with Gasteiger partial charge in [0.2, 0.25) is 0 Å². The molecule has 0 saturated carbocycles. The summed E-state index contributed by atoms with van der Waals surface area (Å²) < 4.78 is 9.69. The van der Waals surface area contributed by atoms with E-state index in [0.29, 0.717) is 0 Å². The predicted molar refractivity (Wildman–Crippen MR) is 91.6 cm³/mol. The minimum atomic E-state index is -0.847. The summed E-state index contributed by atoms with van der Waals surface area (Å²) in [6, 6.07) is 12.7. The number of nitrogens with one attached hydrogen (secondary N) is 1. The maximum absolute atomic E-state index is 12.1. The number of methoxy groups -OCH3 is 1. The number of hydrogen-bond donors (Lipinski definition) is 2. The minimum absolute atomic E-state index is 0.246. The lowest BCUT2D eigenvalue weighted by atomic mass is 9.96. The molecule has 0 aliphatic heterocycles. The van der Waals surface area contributed by atoms with Gasteiger partial charge in [0.1, 0.15) is 5.25 Å². The topological polar surface area (TPSA) is 64.6 Å². The lowest BCUT2D eigenvalue weighted by Gasteiger charge is -2.24. The lowest BCUT2D eigenvalue weighted by molar-refractivity contribution is -0.142. The van der Waals surface area contributed by atoms with Crippen LogP contribution in [0.2, 0.25) is 0 Å². The molecule has 122 valence electrons. The summed E-state index contributed by atoms with van der Waals surface area (Å²) >= 11 is 4.36. The van der Waals surface area contributed by atoms with E-state index in [0.717, 1.165) is 16.3 Å². The van der Waals surface area contributed by atoms with Crippen molar-refractivity contribution in [3.63, 3.8) is 0 Å². The second-order valence-electron chi connectivity index (χ2n) is 4.88. The van der Waals surface area contributed by atoms with Gasteiger partial charge in [-0.2, -0.15) is 12.6 Å². The lowest BCUT2D eigenvalue weighted by Crippen LogP contribution is -2.38. The van der Waals surface area contributed by atoms with Crippen molar-refractivity contribution in [3.05, 3.63) is 48.0 Å². The summed E-state index contributed by atoms with van der Waals surface area (Å²) in [5.74, 6) is -0.495. The highest BCUT2D eigenvalue weighted by Crippen LogP contribution is 2.29. The number of alkyl carbamates (subject to hydrolysis) is 1. The Hall–Kier alpha value is -2.21. The molecule has 0 saturated heterocycles. The molecular formula is C17H19NO4S. The van der Waals surface area contributed by atoms with Crippen molar-refractivity contribution in [2.45, 2.75) is 18.2 Å². The van der Waals surface area contributed by atoms with E-state index >= 15 is 0 Å². The Kier molecular flexibility index (Phi) is 5.87. The van der Waals surface area contributed by atoms with Gasteiger partial charge < -0.3 is 14.8 Å². The second kappa shape index (κ2) is 7.87. The van der Waals surface area contributed by atoms with E-state index < -0.39 is 23.4 Å². The molecular weight excluding hydrogens is 314 g/mol. The molecule has 0 aliphatic rings. The Morgan fingerprint density at radius 1 is 1.17 bits per heavy atom. The Balaban J connectivity index is 2.47. The predicted octanol–water partition coefficient (Wildman–Crippen LogP) is 3.10. The molecule has 6 heteroatoms. The Morgan fingerprint density at radius 3 is 2.57 bits per heavy atom. The number of rotatable bonds is 5. The molecule has 5 nitrogen and oxygen atoms in total. The average Bonchev–Trinajstić information content (AvgIpc) is 2.58. The largest absolute Gasteiger partial charge is 0.465 e. The number of carbonyl (C=O) groups is 2. The van der Waals surface area contributed by atoms with Gasteiger partial charge in [0.15, 0.2) is 0 Å². The van der Waals surface area contributed by atoms with E-state index in [1.54, 1.807) is 6.92 Å². The Bertz CT molecular complexity index is 699. The zero-order chi connectivity index (χ0) is 16.8. The number of carbonyl (C=O) groups excluding carboxylic acids is 2. The van der Waals surface area contributed by atoms with Crippen LogP contribution < -0.4 is 5.32 Å². The van der Waals surface area contributed by atoms with Crippen LogP contribution in [0.1, 0.15) is 18.5 Å². The molecule has 2 atom stereocenters. The highest BCUT2D eigenvalue weighted by atomic mass is 32.1. The average molecular weight is 333 g/mol. The van der Waals surface area contributed by atoms with Gasteiger partial charge in [0.05, 0.1) is 19.8 Å². The third kappa shape index (κ3) is 3.96. The molecule has 2 rings (SSSR count). The molecule has 23 heavy (non-hydrogen) atoms. The van der Waals surface area contributed by atoms with Gasteiger partial charge in [0, 0.05) is 0 Å². The Morgan fingerprint density at radius 2 is 1.87 bits per heavy atom. The van der Waals surface area contributed by atoms with E-state index in [1.807, 2.05) is 42.5 Å². The van der Waals surface area contributed by atoms with Gasteiger partial charge >= 0.3 is 12.1 Å². The standard InChI is InChI=1S/C17H19NO4S/c1-3-22-16(19)15(23)14(18-17(20)21-2)13-10-6-8-11-7-4-5-9-12(11)13/h4-10,14-15,23H,3H2,1-2H3,(H,18,20)/t14-,15+/m1/s1. The number of fused-ring (bicyclic) bond motifs is 1. The van der Waals surface area contributed by atoms with E-state index in [1.165, 1.54) is 7.11 Å². The highest BCUT2D eigenvalue weighted by Gasteiger charge is 2.30. The van der Waals surface area contributed by atoms with Crippen LogP contribution in [-0.2, 0) is 14.3 Å². The van der Waals surface area contributed by atoms with E-state index in [-0.39, 0.29) is 6.61 Å². The highest BCUT2D eigenvalue weighted by molar-refractivity contribution is 7.81. The first-order valence-electron chi connectivity index (χ1n) is 7.25. The molecule has 1 N–H and O–H groups in total. The molecule has 0 fully saturated rings. The number of ether oxygens (including phenoxy) is 2. The summed E-state index contributed by atoms with van der Waals surface area (Å²) in [5, 5.41) is 3.76. The number of esters is 1. The second-order valence-corrected chi connectivity index (χ2v) is 5.44. The Labute approximate surface area is 140 Å². The normalized spacial score (nSPS) is 13.2. The van der Waals surface area contributed by atoms with Crippen molar-refractivity contribution >= 4 is 35.5 Å². The van der Waals surface area contributed by atoms with Gasteiger partial charge in [-0.05, 0) is 23.3 Å². The zero-order valence-electron chi connectivity index (χ0n) is 13.0. The van der Waals surface area contributed by atoms with Crippen LogP contribution in [0.25, 0.3) is 10.8 Å². The molecule has 0 radical (unpaired) electrons. The monoisotopic (exact) mass is 333 g/mol. The van der Waals surface area contributed by atoms with Gasteiger partial charge in [-0.1, -0.05) is 42.5 Å². The number of hydrogen-bond acceptors (Lipinski definition) is 5. The fourth-order valence-corrected chi connectivity index (χ4v) is 2.71. The third-order valence-corrected chi connectivity index (χ3v) is 3.97. The quantitative estimate of drug-likeness (QED) is 0.652. The molecule has 0 aliphatic carbocycles. The van der Waals surface area contributed by atoms with Crippen LogP contribution in [0.5, 0.6) is 0 Å². The summed E-state index contributed by atoms with van der Waals surface area (Å²) in [5.41, 5.74) is 0.779. The van der Waals surface area contributed by atoms with E-state index in [2.05, 4.69) is 22.7 Å². The van der Waals surface area contributed by atoms with Crippen molar-refractivity contribution in [1.82, 2.24) is 5.32 Å². The third-order valence-electron chi connectivity index (χ3n) is 3.46. The molecule has 0 aromatic heterocycles. The molecule has 0 spiro atoms. The molecule has 0 unspecified atom stereocenters. The van der Waals surface area contributed by atoms with Gasteiger partial charge in [-0.15, -0.1) is 0 Å². The number of benzene rings is 2. The fourth-order valence-electron chi connectivity index (χ4n) is 2.40. The van der Waals surface area contributed by atoms with Crippen molar-refractivity contribution in [3.8, 4) is 0 Å². The number of amides is 1. The maximum atomic E-state index is 12.1. The van der Waals surface area contributed by atoms with Crippen LogP contribution >= 0.6 is 12.6 Å². The molecule has 0 bridgehead atoms. The molecule has 2 aromatic rings. The molecule has 2 aromatic carbocycles. The summed E-state index contributed by atoms with van der Waals surface area (Å²) in [6.07, 6.45) is -0.633. The van der Waals surface area contributed by atoms with Crippen LogP contribution in [0.4, 0.5) is 4.79 Å². The smallest absolute Gasteiger partial charge is 0.407 e. The number of thiol groups is 1. The van der Waals surface area contributed by atoms with Crippen LogP contribution in [-0.4, -0.2) is 31.0 Å². The van der Waals surface area contributed by atoms with Crippen molar-refractivity contribution in [2.24, 2.45) is 0 Å². The fraction of sp³-hybridized carbons (Fsp3) is 0.294. The van der Waals surface area contributed by atoms with Gasteiger partial charge in [-0.3, -0.25) is 4.79 Å². The SMILES string of the molecule is CCOC(=O)[C@@H](S)[C@H](NC(=O)OC)c1cccc2ccccc12. The zero-order valence-corrected chi connectivity index (χ0v) is 13.9. The first-order chi connectivity index (χ1) is 11.1. The van der Waals surface area contributed by atoms with E-state index in [4.69, 9.17) is 4.74 Å². The van der Waals surface area contributed by atoms with Crippen molar-refractivity contribution in [1.29, 1.82) is 0 Å². The van der Waals surface area contributed by atoms with Gasteiger partial charge in [0.25, 0.3) is 0 Å². The van der Waals surface area contributed by atoms with Crippen LogP contribution in [0.15, 0.2) is 42.5 Å². The van der Waals surface area contributed by atoms with Crippen molar-refractivity contribution in [2.75, 3.05) is 13.7 Å². The first kappa shape index (κ1) is 17.1. The minimum Gasteiger partial charge on any atom is -0.465 e. The summed E-state index contributed by atoms with van der Waals surface area (Å²) in [6.45, 7) is 1.97. The summed E-state index contributed by atoms with van der Waals surface area (Å²) in [7, 11) is 1.27. The van der Waals surface area contributed by atoms with E-state index in [9.17, 15) is 9.59 Å². The van der Waals surface area contributed by atoms with Crippen molar-refractivity contribution < 1.29 is 19.1 Å². The van der Waals surface area contributed by atoms with Gasteiger partial charge in [-0.25, -0.2) is 4.79 Å². The first-order valence-corrected chi connectivity index (χ1v) is 7.77. The maximum Gasteiger partial charge on any atom is 0.407 e. The van der Waals surface area contributed by atoms with Crippen LogP contribution in [0.3, 0.4) is 0 Å². The summed E-state index contributed by atoms with van der Waals surface area (Å²) in [4.78, 5) is 23.8. The molecule has 0 heterocycles.